The van der Waals surface area contributed by atoms with Crippen LogP contribution in [-0.4, -0.2) is 35.5 Å². The van der Waals surface area contributed by atoms with Crippen molar-refractivity contribution < 1.29 is 4.79 Å². The molecular formula is C14H18N4OS. The van der Waals surface area contributed by atoms with E-state index < -0.39 is 0 Å². The number of nitrogens with one attached hydrogen (secondary N) is 2. The lowest BCUT2D eigenvalue weighted by Gasteiger charge is -2.04. The third-order valence-electron chi connectivity index (χ3n) is 2.63. The number of nitrogens with zero attached hydrogens (tertiary/aromatic N) is 2. The smallest absolute Gasteiger partial charge is 0.263 e. The topological polar surface area (TPSA) is 66.9 Å². The Hall–Kier alpha value is -1.79. The summed E-state index contributed by atoms with van der Waals surface area (Å²) in [6.07, 6.45) is 4.41. The van der Waals surface area contributed by atoms with Crippen molar-refractivity contribution in [3.05, 3.63) is 35.5 Å². The lowest BCUT2D eigenvalue weighted by Crippen LogP contribution is -2.31. The van der Waals surface area contributed by atoms with Gasteiger partial charge in [0.05, 0.1) is 11.9 Å². The number of pyridine rings is 1. The van der Waals surface area contributed by atoms with Crippen LogP contribution in [0.1, 0.15) is 23.0 Å². The third-order valence-corrected chi connectivity index (χ3v) is 3.65. The third kappa shape index (κ3) is 4.11. The largest absolute Gasteiger partial charge is 0.350 e. The van der Waals surface area contributed by atoms with Gasteiger partial charge < -0.3 is 10.6 Å². The monoisotopic (exact) mass is 290 g/mol. The molecule has 106 valence electrons. The number of hydrogen-bond acceptors (Lipinski definition) is 5. The molecule has 0 saturated carbocycles. The van der Waals surface area contributed by atoms with E-state index in [-0.39, 0.29) is 5.91 Å². The molecule has 5 nitrogen and oxygen atoms in total. The van der Waals surface area contributed by atoms with Crippen molar-refractivity contribution in [2.24, 2.45) is 0 Å². The minimum absolute atomic E-state index is 0.0806. The van der Waals surface area contributed by atoms with Crippen LogP contribution in [0.2, 0.25) is 0 Å². The molecule has 1 amide bonds. The van der Waals surface area contributed by atoms with E-state index >= 15 is 0 Å². The van der Waals surface area contributed by atoms with Gasteiger partial charge in [-0.25, -0.2) is 4.98 Å². The lowest BCUT2D eigenvalue weighted by atomic mass is 10.4. The van der Waals surface area contributed by atoms with Crippen molar-refractivity contribution in [3.63, 3.8) is 0 Å². The van der Waals surface area contributed by atoms with Gasteiger partial charge in [-0.2, -0.15) is 0 Å². The highest BCUT2D eigenvalue weighted by molar-refractivity contribution is 7.16. The van der Waals surface area contributed by atoms with Crippen molar-refractivity contribution >= 4 is 17.2 Å². The number of aromatic nitrogens is 2. The molecular weight excluding hydrogens is 272 g/mol. The molecule has 0 radical (unpaired) electrons. The van der Waals surface area contributed by atoms with Gasteiger partial charge in [-0.05, 0) is 25.1 Å². The molecule has 2 aromatic heterocycles. The second-order valence-corrected chi connectivity index (χ2v) is 5.28. The van der Waals surface area contributed by atoms with Gasteiger partial charge >= 0.3 is 0 Å². The van der Waals surface area contributed by atoms with E-state index in [0.29, 0.717) is 11.4 Å². The zero-order valence-corrected chi connectivity index (χ0v) is 12.2. The summed E-state index contributed by atoms with van der Waals surface area (Å²) < 4.78 is 0. The van der Waals surface area contributed by atoms with Crippen LogP contribution < -0.4 is 10.6 Å². The fourth-order valence-electron chi connectivity index (χ4n) is 1.64. The van der Waals surface area contributed by atoms with Gasteiger partial charge in [0.2, 0.25) is 0 Å². The van der Waals surface area contributed by atoms with E-state index in [0.717, 1.165) is 30.2 Å². The standard InChI is InChI=1S/C14H18N4OS/c1-2-6-15-8-9-17-13(19)12-10-18-14(20-12)11-5-3-4-7-16-11/h3-5,7,10,15H,2,6,8-9H2,1H3,(H,17,19). The average molecular weight is 290 g/mol. The van der Waals surface area contributed by atoms with E-state index in [2.05, 4.69) is 27.5 Å². The molecule has 2 heterocycles. The second kappa shape index (κ2) is 7.72. The van der Waals surface area contributed by atoms with Crippen LogP contribution in [0.4, 0.5) is 0 Å². The van der Waals surface area contributed by atoms with Crippen LogP contribution >= 0.6 is 11.3 Å². The highest BCUT2D eigenvalue weighted by atomic mass is 32.1. The molecule has 2 N–H and O–H groups in total. The fourth-order valence-corrected chi connectivity index (χ4v) is 2.45. The second-order valence-electron chi connectivity index (χ2n) is 4.25. The van der Waals surface area contributed by atoms with Gasteiger partial charge in [0.15, 0.2) is 0 Å². The minimum Gasteiger partial charge on any atom is -0.350 e. The predicted octanol–water partition coefficient (Wildman–Crippen LogP) is 1.93. The summed E-state index contributed by atoms with van der Waals surface area (Å²) in [4.78, 5) is 21.0. The first kappa shape index (κ1) is 14.6. The van der Waals surface area contributed by atoms with Crippen LogP contribution in [0.5, 0.6) is 0 Å². The normalized spacial score (nSPS) is 10.4. The fraction of sp³-hybridized carbons (Fsp3) is 0.357. The van der Waals surface area contributed by atoms with Crippen molar-refractivity contribution in [2.45, 2.75) is 13.3 Å². The molecule has 20 heavy (non-hydrogen) atoms. The molecule has 0 saturated heterocycles. The molecule has 0 fully saturated rings. The van der Waals surface area contributed by atoms with E-state index in [9.17, 15) is 4.79 Å². The van der Waals surface area contributed by atoms with Gasteiger partial charge in [-0.15, -0.1) is 11.3 Å². The highest BCUT2D eigenvalue weighted by Gasteiger charge is 2.11. The maximum atomic E-state index is 11.9. The first-order valence-corrected chi connectivity index (χ1v) is 7.49. The van der Waals surface area contributed by atoms with Gasteiger partial charge in [0.25, 0.3) is 5.91 Å². The molecule has 0 bridgehead atoms. The quantitative estimate of drug-likeness (QED) is 0.765. The summed E-state index contributed by atoms with van der Waals surface area (Å²) in [5.74, 6) is -0.0806. The van der Waals surface area contributed by atoms with Crippen molar-refractivity contribution in [3.8, 4) is 10.7 Å². The maximum absolute atomic E-state index is 11.9. The Kier molecular flexibility index (Phi) is 5.64. The minimum atomic E-state index is -0.0806. The molecule has 0 spiro atoms. The first-order valence-electron chi connectivity index (χ1n) is 6.67. The molecule has 0 unspecified atom stereocenters. The molecule has 0 aliphatic carbocycles. The van der Waals surface area contributed by atoms with Gasteiger partial charge in [-0.3, -0.25) is 9.78 Å². The lowest BCUT2D eigenvalue weighted by molar-refractivity contribution is 0.0958. The summed E-state index contributed by atoms with van der Waals surface area (Å²) in [5, 5.41) is 6.87. The van der Waals surface area contributed by atoms with Crippen LogP contribution in [0.25, 0.3) is 10.7 Å². The number of amides is 1. The molecule has 0 aromatic carbocycles. The SMILES string of the molecule is CCCNCCNC(=O)c1cnc(-c2ccccn2)s1. The van der Waals surface area contributed by atoms with Crippen molar-refractivity contribution in [1.82, 2.24) is 20.6 Å². The Balaban J connectivity index is 1.87. The predicted molar refractivity (Wildman–Crippen MR) is 80.8 cm³/mol. The Morgan fingerprint density at radius 3 is 2.90 bits per heavy atom. The Morgan fingerprint density at radius 1 is 1.25 bits per heavy atom. The van der Waals surface area contributed by atoms with E-state index in [1.54, 1.807) is 12.4 Å². The zero-order valence-electron chi connectivity index (χ0n) is 11.4. The summed E-state index contributed by atoms with van der Waals surface area (Å²) in [7, 11) is 0. The molecule has 0 aliphatic rings. The maximum Gasteiger partial charge on any atom is 0.263 e. The molecule has 2 rings (SSSR count). The molecule has 2 aromatic rings. The van der Waals surface area contributed by atoms with Crippen molar-refractivity contribution in [2.75, 3.05) is 19.6 Å². The van der Waals surface area contributed by atoms with E-state index in [1.165, 1.54) is 11.3 Å². The molecule has 6 heteroatoms. The summed E-state index contributed by atoms with van der Waals surface area (Å²) in [5.41, 5.74) is 0.793. The van der Waals surface area contributed by atoms with E-state index in [1.807, 2.05) is 18.2 Å². The van der Waals surface area contributed by atoms with Crippen molar-refractivity contribution in [1.29, 1.82) is 0 Å². The van der Waals surface area contributed by atoms with E-state index in [4.69, 9.17) is 0 Å². The highest BCUT2D eigenvalue weighted by Crippen LogP contribution is 2.22. The summed E-state index contributed by atoms with van der Waals surface area (Å²) >= 11 is 1.36. The number of carbonyl (C=O) groups is 1. The summed E-state index contributed by atoms with van der Waals surface area (Å²) in [6, 6.07) is 5.64. The summed E-state index contributed by atoms with van der Waals surface area (Å²) in [6.45, 7) is 4.49. The number of carbonyl (C=O) groups excluding carboxylic acids is 1. The van der Waals surface area contributed by atoms with Crippen LogP contribution in [0, 0.1) is 0 Å². The van der Waals surface area contributed by atoms with Gasteiger partial charge in [-0.1, -0.05) is 13.0 Å². The average Bonchev–Trinajstić information content (AvgIpc) is 2.98. The Morgan fingerprint density at radius 2 is 2.15 bits per heavy atom. The molecule has 0 aliphatic heterocycles. The number of thiazole rings is 1. The van der Waals surface area contributed by atoms with Gasteiger partial charge in [0.1, 0.15) is 9.88 Å². The zero-order chi connectivity index (χ0) is 14.2. The first-order chi connectivity index (χ1) is 9.81. The number of hydrogen-bond donors (Lipinski definition) is 2. The Labute approximate surface area is 122 Å². The van der Waals surface area contributed by atoms with Gasteiger partial charge in [0, 0.05) is 19.3 Å². The molecule has 0 atom stereocenters. The number of rotatable bonds is 7. The van der Waals surface area contributed by atoms with Crippen LogP contribution in [-0.2, 0) is 0 Å². The Bertz CT molecular complexity index is 541. The van der Waals surface area contributed by atoms with Crippen LogP contribution in [0.15, 0.2) is 30.6 Å². The van der Waals surface area contributed by atoms with Crippen LogP contribution in [0.3, 0.4) is 0 Å².